The lowest BCUT2D eigenvalue weighted by atomic mass is 9.81. The van der Waals surface area contributed by atoms with Crippen molar-refractivity contribution in [2.24, 2.45) is 0 Å². The van der Waals surface area contributed by atoms with Crippen LogP contribution in [0.15, 0.2) is 238 Å². The lowest BCUT2D eigenvalue weighted by Gasteiger charge is -2.28. The van der Waals surface area contributed by atoms with E-state index in [4.69, 9.17) is 0 Å². The molecule has 61 heavy (non-hydrogen) atoms. The van der Waals surface area contributed by atoms with E-state index in [1.165, 1.54) is 64.1 Å². The molecule has 2 nitrogen and oxygen atoms in total. The number of hydrogen-bond donors (Lipinski definition) is 0. The second-order valence-corrected chi connectivity index (χ2v) is 18.4. The highest BCUT2D eigenvalue weighted by Crippen LogP contribution is 2.56. The normalized spacial score (nSPS) is 13.1. The number of rotatable bonds is 8. The van der Waals surface area contributed by atoms with Crippen molar-refractivity contribution in [1.82, 2.24) is 0 Å². The summed E-state index contributed by atoms with van der Waals surface area (Å²) in [5.74, 6) is 0. The van der Waals surface area contributed by atoms with Crippen molar-refractivity contribution < 1.29 is 0 Å². The lowest BCUT2D eigenvalue weighted by Crippen LogP contribution is -2.15. The van der Waals surface area contributed by atoms with Crippen molar-refractivity contribution in [3.8, 4) is 33.4 Å². The van der Waals surface area contributed by atoms with Crippen LogP contribution in [0.4, 0.5) is 34.1 Å². The molecule has 0 saturated heterocycles. The number of para-hydroxylation sites is 2. The van der Waals surface area contributed by atoms with Crippen LogP contribution in [0, 0.1) is 0 Å². The van der Waals surface area contributed by atoms with Crippen LogP contribution in [0.5, 0.6) is 0 Å². The molecule has 292 valence electrons. The van der Waals surface area contributed by atoms with E-state index >= 15 is 0 Å². The summed E-state index contributed by atoms with van der Waals surface area (Å²) < 4.78 is 0. The molecule has 9 aromatic rings. The second-order valence-electron chi connectivity index (χ2n) is 16.2. The summed E-state index contributed by atoms with van der Waals surface area (Å²) in [6.07, 6.45) is 0. The summed E-state index contributed by atoms with van der Waals surface area (Å²) in [4.78, 5) is 10.1. The number of hydrogen-bond acceptors (Lipinski definition) is 4. The molecule has 0 N–H and O–H groups in total. The maximum absolute atomic E-state index is 2.46. The summed E-state index contributed by atoms with van der Waals surface area (Å²) in [6, 6.07) is 79.4. The molecular weight excluding hydrogens is 777 g/mol. The van der Waals surface area contributed by atoms with Crippen molar-refractivity contribution in [2.75, 3.05) is 9.80 Å². The molecule has 11 rings (SSSR count). The Labute approximate surface area is 367 Å². The summed E-state index contributed by atoms with van der Waals surface area (Å²) >= 11 is 3.80. The minimum absolute atomic E-state index is 0.108. The standard InChI is InChI=1S/C57H42N2S2/c1-57(2)51-36-42(26-35-49(51)50-37-55-56(38-52(50)57)61-54-21-13-12-20-53(54)60-55)41-24-29-46(30-25-41)59(45-27-22-40(23-28-45)39-14-6-3-7-15-39)48-33-31-47(32-34-48)58(43-16-8-4-9-17-43)44-18-10-5-11-19-44/h3-38H,1-2H3. The van der Waals surface area contributed by atoms with Gasteiger partial charge in [0.2, 0.25) is 0 Å². The highest BCUT2D eigenvalue weighted by Gasteiger charge is 2.37. The Morgan fingerprint density at radius 2 is 0.656 bits per heavy atom. The molecule has 9 aromatic carbocycles. The third-order valence-corrected chi connectivity index (χ3v) is 14.6. The van der Waals surface area contributed by atoms with Crippen molar-refractivity contribution in [3.05, 3.63) is 230 Å². The second kappa shape index (κ2) is 15.4. The Kier molecular flexibility index (Phi) is 9.41. The van der Waals surface area contributed by atoms with Gasteiger partial charge in [0, 0.05) is 59.1 Å². The molecule has 2 aliphatic rings. The van der Waals surface area contributed by atoms with Gasteiger partial charge in [0.05, 0.1) is 0 Å². The number of nitrogens with zero attached hydrogens (tertiary/aromatic N) is 2. The van der Waals surface area contributed by atoms with Crippen LogP contribution in [0.25, 0.3) is 33.4 Å². The van der Waals surface area contributed by atoms with Crippen molar-refractivity contribution in [3.63, 3.8) is 0 Å². The van der Waals surface area contributed by atoms with E-state index in [1.807, 2.05) is 23.5 Å². The summed E-state index contributed by atoms with van der Waals surface area (Å²) in [5, 5.41) is 0. The first-order chi connectivity index (χ1) is 30.0. The molecule has 0 radical (unpaired) electrons. The first-order valence-electron chi connectivity index (χ1n) is 20.8. The van der Waals surface area contributed by atoms with Crippen LogP contribution < -0.4 is 9.80 Å². The Morgan fingerprint density at radius 1 is 0.295 bits per heavy atom. The van der Waals surface area contributed by atoms with Gasteiger partial charge in [-0.15, -0.1) is 0 Å². The number of fused-ring (bicyclic) bond motifs is 5. The van der Waals surface area contributed by atoms with Crippen LogP contribution >= 0.6 is 23.5 Å². The average Bonchev–Trinajstić information content (AvgIpc) is 3.53. The molecule has 0 saturated carbocycles. The van der Waals surface area contributed by atoms with Gasteiger partial charge in [0.1, 0.15) is 0 Å². The fourth-order valence-corrected chi connectivity index (χ4v) is 11.2. The first-order valence-corrected chi connectivity index (χ1v) is 22.5. The van der Waals surface area contributed by atoms with Crippen molar-refractivity contribution >= 4 is 57.6 Å². The molecule has 0 unspecified atom stereocenters. The number of benzene rings is 9. The van der Waals surface area contributed by atoms with Crippen LogP contribution in [-0.2, 0) is 5.41 Å². The van der Waals surface area contributed by atoms with Gasteiger partial charge in [0.25, 0.3) is 0 Å². The van der Waals surface area contributed by atoms with Crippen LogP contribution in [0.2, 0.25) is 0 Å². The molecule has 0 atom stereocenters. The molecule has 1 heterocycles. The summed E-state index contributed by atoms with van der Waals surface area (Å²) in [7, 11) is 0. The molecular formula is C57H42N2S2. The third-order valence-electron chi connectivity index (χ3n) is 12.1. The zero-order chi connectivity index (χ0) is 40.9. The fraction of sp³-hybridized carbons (Fsp3) is 0.0526. The quantitative estimate of drug-likeness (QED) is 0.151. The summed E-state index contributed by atoms with van der Waals surface area (Å²) in [5.41, 5.74) is 16.9. The van der Waals surface area contributed by atoms with Crippen LogP contribution in [0.3, 0.4) is 0 Å². The van der Waals surface area contributed by atoms with E-state index in [9.17, 15) is 0 Å². The van der Waals surface area contributed by atoms with E-state index < -0.39 is 0 Å². The van der Waals surface area contributed by atoms with Gasteiger partial charge in [-0.1, -0.05) is 153 Å². The molecule has 0 fully saturated rings. The highest BCUT2D eigenvalue weighted by atomic mass is 32.2. The third kappa shape index (κ3) is 6.82. The van der Waals surface area contributed by atoms with Gasteiger partial charge < -0.3 is 9.80 Å². The number of anilines is 6. The van der Waals surface area contributed by atoms with E-state index in [1.54, 1.807) is 0 Å². The van der Waals surface area contributed by atoms with E-state index in [0.717, 1.165) is 34.1 Å². The minimum Gasteiger partial charge on any atom is -0.311 e. The smallest absolute Gasteiger partial charge is 0.0463 e. The predicted molar refractivity (Wildman–Crippen MR) is 259 cm³/mol. The molecule has 1 aliphatic heterocycles. The Hall–Kier alpha value is -6.72. The lowest BCUT2D eigenvalue weighted by molar-refractivity contribution is 0.658. The van der Waals surface area contributed by atoms with E-state index in [0.29, 0.717) is 0 Å². The monoisotopic (exact) mass is 818 g/mol. The molecule has 1 aliphatic carbocycles. The minimum atomic E-state index is -0.108. The highest BCUT2D eigenvalue weighted by molar-refractivity contribution is 8.05. The molecule has 0 bridgehead atoms. The van der Waals surface area contributed by atoms with Crippen LogP contribution in [0.1, 0.15) is 25.0 Å². The maximum atomic E-state index is 2.46. The van der Waals surface area contributed by atoms with Gasteiger partial charge in [-0.25, -0.2) is 0 Å². The molecule has 4 heteroatoms. The summed E-state index contributed by atoms with van der Waals surface area (Å²) in [6.45, 7) is 4.77. The molecule has 0 amide bonds. The fourth-order valence-electron chi connectivity index (χ4n) is 8.97. The van der Waals surface area contributed by atoms with E-state index in [2.05, 4.69) is 242 Å². The predicted octanol–water partition coefficient (Wildman–Crippen LogP) is 16.9. The van der Waals surface area contributed by atoms with Gasteiger partial charge >= 0.3 is 0 Å². The average molecular weight is 819 g/mol. The largest absolute Gasteiger partial charge is 0.311 e. The van der Waals surface area contributed by atoms with Gasteiger partial charge in [-0.05, 0) is 148 Å². The molecule has 0 aromatic heterocycles. The van der Waals surface area contributed by atoms with E-state index in [-0.39, 0.29) is 5.41 Å². The molecule has 0 spiro atoms. The first kappa shape index (κ1) is 37.3. The zero-order valence-corrected chi connectivity index (χ0v) is 35.6. The Morgan fingerprint density at radius 3 is 1.16 bits per heavy atom. The van der Waals surface area contributed by atoms with Gasteiger partial charge in [0.15, 0.2) is 0 Å². The zero-order valence-electron chi connectivity index (χ0n) is 34.0. The topological polar surface area (TPSA) is 6.48 Å². The Balaban J connectivity index is 0.939. The van der Waals surface area contributed by atoms with Crippen molar-refractivity contribution in [1.29, 1.82) is 0 Å². The Bertz CT molecular complexity index is 2980. The van der Waals surface area contributed by atoms with Gasteiger partial charge in [-0.3, -0.25) is 0 Å². The van der Waals surface area contributed by atoms with Gasteiger partial charge in [-0.2, -0.15) is 0 Å². The SMILES string of the molecule is CC1(C)c2cc(-c3ccc(N(c4ccc(-c5ccccc5)cc4)c4ccc(N(c5ccccc5)c5ccccc5)cc4)cc3)ccc2-c2cc3c(cc21)Sc1ccccc1S3. The van der Waals surface area contributed by atoms with Crippen molar-refractivity contribution in [2.45, 2.75) is 38.8 Å². The van der Waals surface area contributed by atoms with Crippen LogP contribution in [-0.4, -0.2) is 0 Å². The maximum Gasteiger partial charge on any atom is 0.0463 e.